The van der Waals surface area contributed by atoms with Crippen LogP contribution >= 0.6 is 0 Å². The van der Waals surface area contributed by atoms with Gasteiger partial charge in [0.05, 0.1) is 0 Å². The molecule has 0 aromatic rings. The van der Waals surface area contributed by atoms with E-state index in [4.69, 9.17) is 0 Å². The van der Waals surface area contributed by atoms with Gasteiger partial charge in [0.25, 0.3) is 0 Å². The lowest BCUT2D eigenvalue weighted by Gasteiger charge is -2.47. The standard InChI is InChI=1S/C11H22N2/c1-8-4-5-11(8)13-6-9(2)12-10(3)7-13/h8-12H,4-7H2,1-3H3. The van der Waals surface area contributed by atoms with E-state index in [0.717, 1.165) is 12.0 Å². The molecule has 0 radical (unpaired) electrons. The average molecular weight is 182 g/mol. The number of hydrogen-bond acceptors (Lipinski definition) is 2. The predicted molar refractivity (Wildman–Crippen MR) is 55.8 cm³/mol. The van der Waals surface area contributed by atoms with Crippen molar-refractivity contribution in [2.24, 2.45) is 5.92 Å². The maximum atomic E-state index is 3.59. The molecule has 0 bridgehead atoms. The molecule has 76 valence electrons. The molecule has 4 unspecified atom stereocenters. The lowest BCUT2D eigenvalue weighted by Crippen LogP contribution is -2.60. The molecule has 0 amide bonds. The van der Waals surface area contributed by atoms with Crippen LogP contribution in [0.3, 0.4) is 0 Å². The van der Waals surface area contributed by atoms with Gasteiger partial charge in [-0.05, 0) is 32.6 Å². The molecule has 2 nitrogen and oxygen atoms in total. The molecule has 1 heterocycles. The topological polar surface area (TPSA) is 15.3 Å². The molecular weight excluding hydrogens is 160 g/mol. The minimum absolute atomic E-state index is 0.677. The molecule has 0 aromatic carbocycles. The lowest BCUT2D eigenvalue weighted by atomic mass is 9.79. The van der Waals surface area contributed by atoms with Gasteiger partial charge >= 0.3 is 0 Å². The fraction of sp³-hybridized carbons (Fsp3) is 1.00. The van der Waals surface area contributed by atoms with Crippen molar-refractivity contribution in [1.82, 2.24) is 10.2 Å². The van der Waals surface area contributed by atoms with E-state index in [2.05, 4.69) is 31.0 Å². The van der Waals surface area contributed by atoms with Crippen LogP contribution in [0.15, 0.2) is 0 Å². The average Bonchev–Trinajstić information content (AvgIpc) is 1.99. The first-order chi connectivity index (χ1) is 6.16. The minimum Gasteiger partial charge on any atom is -0.309 e. The van der Waals surface area contributed by atoms with Crippen molar-refractivity contribution in [3.63, 3.8) is 0 Å². The maximum absolute atomic E-state index is 3.59. The van der Waals surface area contributed by atoms with Crippen molar-refractivity contribution in [3.8, 4) is 0 Å². The van der Waals surface area contributed by atoms with E-state index in [1.165, 1.54) is 25.9 Å². The Morgan fingerprint density at radius 3 is 2.00 bits per heavy atom. The third-order valence-corrected chi connectivity index (χ3v) is 3.63. The highest BCUT2D eigenvalue weighted by Gasteiger charge is 2.35. The van der Waals surface area contributed by atoms with Gasteiger partial charge in [-0.3, -0.25) is 4.90 Å². The lowest BCUT2D eigenvalue weighted by molar-refractivity contribution is 0.0368. The van der Waals surface area contributed by atoms with Crippen LogP contribution in [0.25, 0.3) is 0 Å². The molecule has 0 aromatic heterocycles. The first-order valence-corrected chi connectivity index (χ1v) is 5.67. The first kappa shape index (κ1) is 9.47. The Morgan fingerprint density at radius 2 is 1.62 bits per heavy atom. The zero-order valence-corrected chi connectivity index (χ0v) is 9.09. The van der Waals surface area contributed by atoms with Gasteiger partial charge in [-0.1, -0.05) is 6.92 Å². The predicted octanol–water partition coefficient (Wildman–Crippen LogP) is 1.47. The molecule has 1 N–H and O–H groups in total. The maximum Gasteiger partial charge on any atom is 0.0169 e. The van der Waals surface area contributed by atoms with Crippen molar-refractivity contribution in [3.05, 3.63) is 0 Å². The largest absolute Gasteiger partial charge is 0.309 e. The van der Waals surface area contributed by atoms with Crippen molar-refractivity contribution in [1.29, 1.82) is 0 Å². The van der Waals surface area contributed by atoms with Crippen LogP contribution in [0.1, 0.15) is 33.6 Å². The normalized spacial score (nSPS) is 47.3. The fourth-order valence-corrected chi connectivity index (χ4v) is 2.83. The molecule has 2 rings (SSSR count). The monoisotopic (exact) mass is 182 g/mol. The molecule has 13 heavy (non-hydrogen) atoms. The van der Waals surface area contributed by atoms with Crippen molar-refractivity contribution < 1.29 is 0 Å². The van der Waals surface area contributed by atoms with Crippen LogP contribution in [0.5, 0.6) is 0 Å². The molecule has 2 heteroatoms. The Hall–Kier alpha value is -0.0800. The minimum atomic E-state index is 0.677. The summed E-state index contributed by atoms with van der Waals surface area (Å²) in [5.74, 6) is 0.942. The van der Waals surface area contributed by atoms with Gasteiger partial charge < -0.3 is 5.32 Å². The van der Waals surface area contributed by atoms with Gasteiger partial charge in [0.2, 0.25) is 0 Å². The Bertz CT molecular complexity index is 171. The van der Waals surface area contributed by atoms with E-state index in [-0.39, 0.29) is 0 Å². The highest BCUT2D eigenvalue weighted by Crippen LogP contribution is 2.32. The van der Waals surface area contributed by atoms with Crippen LogP contribution in [0.2, 0.25) is 0 Å². The number of hydrogen-bond donors (Lipinski definition) is 1. The van der Waals surface area contributed by atoms with E-state index in [1.54, 1.807) is 0 Å². The third-order valence-electron chi connectivity index (χ3n) is 3.63. The Morgan fingerprint density at radius 1 is 1.00 bits per heavy atom. The van der Waals surface area contributed by atoms with E-state index in [9.17, 15) is 0 Å². The van der Waals surface area contributed by atoms with Gasteiger partial charge in [0.15, 0.2) is 0 Å². The molecule has 2 aliphatic rings. The SMILES string of the molecule is CC1CN(C2CCC2C)CC(C)N1. The van der Waals surface area contributed by atoms with Crippen LogP contribution in [-0.4, -0.2) is 36.1 Å². The van der Waals surface area contributed by atoms with Gasteiger partial charge in [-0.25, -0.2) is 0 Å². The van der Waals surface area contributed by atoms with Crippen molar-refractivity contribution >= 4 is 0 Å². The number of rotatable bonds is 1. The Kier molecular flexibility index (Phi) is 2.61. The third kappa shape index (κ3) is 1.89. The molecular formula is C11H22N2. The van der Waals surface area contributed by atoms with Crippen LogP contribution < -0.4 is 5.32 Å². The Labute approximate surface area is 81.7 Å². The molecule has 1 aliphatic carbocycles. The summed E-state index contributed by atoms with van der Waals surface area (Å²) in [6, 6.07) is 2.25. The van der Waals surface area contributed by atoms with Gasteiger partial charge in [-0.15, -0.1) is 0 Å². The summed E-state index contributed by atoms with van der Waals surface area (Å²) in [7, 11) is 0. The Balaban J connectivity index is 1.91. The molecule has 1 saturated heterocycles. The summed E-state index contributed by atoms with van der Waals surface area (Å²) < 4.78 is 0. The van der Waals surface area contributed by atoms with E-state index < -0.39 is 0 Å². The van der Waals surface area contributed by atoms with Crippen LogP contribution in [0.4, 0.5) is 0 Å². The zero-order chi connectivity index (χ0) is 9.42. The second kappa shape index (κ2) is 3.58. The second-order valence-electron chi connectivity index (χ2n) is 5.04. The molecule has 1 aliphatic heterocycles. The highest BCUT2D eigenvalue weighted by atomic mass is 15.2. The second-order valence-corrected chi connectivity index (χ2v) is 5.04. The number of nitrogens with zero attached hydrogens (tertiary/aromatic N) is 1. The van der Waals surface area contributed by atoms with Crippen LogP contribution in [-0.2, 0) is 0 Å². The molecule has 2 fully saturated rings. The summed E-state index contributed by atoms with van der Waals surface area (Å²) in [4.78, 5) is 2.69. The molecule has 4 atom stereocenters. The van der Waals surface area contributed by atoms with Gasteiger partial charge in [0.1, 0.15) is 0 Å². The highest BCUT2D eigenvalue weighted by molar-refractivity contribution is 4.91. The quantitative estimate of drug-likeness (QED) is 0.660. The van der Waals surface area contributed by atoms with E-state index in [1.807, 2.05) is 0 Å². The summed E-state index contributed by atoms with van der Waals surface area (Å²) in [5, 5.41) is 3.59. The van der Waals surface area contributed by atoms with Gasteiger partial charge in [-0.2, -0.15) is 0 Å². The summed E-state index contributed by atoms with van der Waals surface area (Å²) >= 11 is 0. The van der Waals surface area contributed by atoms with E-state index >= 15 is 0 Å². The number of nitrogens with one attached hydrogen (secondary N) is 1. The van der Waals surface area contributed by atoms with Crippen LogP contribution in [0, 0.1) is 5.92 Å². The summed E-state index contributed by atoms with van der Waals surface area (Å²) in [5.41, 5.74) is 0. The summed E-state index contributed by atoms with van der Waals surface area (Å²) in [6.07, 6.45) is 2.87. The van der Waals surface area contributed by atoms with Crippen molar-refractivity contribution in [2.45, 2.75) is 51.7 Å². The molecule has 1 saturated carbocycles. The summed E-state index contributed by atoms with van der Waals surface area (Å²) in [6.45, 7) is 9.49. The van der Waals surface area contributed by atoms with E-state index in [0.29, 0.717) is 12.1 Å². The number of piperazine rings is 1. The zero-order valence-electron chi connectivity index (χ0n) is 9.09. The fourth-order valence-electron chi connectivity index (χ4n) is 2.83. The van der Waals surface area contributed by atoms with Crippen molar-refractivity contribution in [2.75, 3.05) is 13.1 Å². The molecule has 0 spiro atoms. The smallest absolute Gasteiger partial charge is 0.0169 e. The van der Waals surface area contributed by atoms with Gasteiger partial charge in [0, 0.05) is 31.2 Å². The first-order valence-electron chi connectivity index (χ1n) is 5.67.